The minimum absolute atomic E-state index is 0.203. The van der Waals surface area contributed by atoms with Gasteiger partial charge in [0.2, 0.25) is 0 Å². The van der Waals surface area contributed by atoms with Crippen LogP contribution in [0, 0.1) is 0 Å². The fourth-order valence-electron chi connectivity index (χ4n) is 2.62. The number of esters is 1. The third kappa shape index (κ3) is 3.35. The minimum atomic E-state index is -0.481. The highest BCUT2D eigenvalue weighted by Gasteiger charge is 2.14. The monoisotopic (exact) mass is 318 g/mol. The van der Waals surface area contributed by atoms with E-state index in [1.165, 1.54) is 5.56 Å². The van der Waals surface area contributed by atoms with E-state index >= 15 is 0 Å². The molecule has 0 aromatic heterocycles. The molecule has 0 fully saturated rings. The number of Topliss-reactive ketones (excluding diaryl/α,β-unsaturated/α-hetero) is 1. The van der Waals surface area contributed by atoms with E-state index in [4.69, 9.17) is 4.74 Å². The second-order valence-electron chi connectivity index (χ2n) is 5.58. The van der Waals surface area contributed by atoms with Crippen LogP contribution in [0.3, 0.4) is 0 Å². The number of hydrogen-bond acceptors (Lipinski definition) is 3. The first-order valence-corrected chi connectivity index (χ1v) is 7.96. The molecule has 0 unspecified atom stereocenters. The Morgan fingerprint density at radius 2 is 1.58 bits per heavy atom. The van der Waals surface area contributed by atoms with Crippen molar-refractivity contribution in [1.82, 2.24) is 0 Å². The molecule has 0 bridgehead atoms. The van der Waals surface area contributed by atoms with Crippen LogP contribution in [0.25, 0.3) is 10.8 Å². The van der Waals surface area contributed by atoms with E-state index in [9.17, 15) is 9.59 Å². The normalized spacial score (nSPS) is 10.5. The number of carbonyl (C=O) groups is 2. The van der Waals surface area contributed by atoms with Gasteiger partial charge in [-0.25, -0.2) is 4.79 Å². The SMILES string of the molecule is CCc1ccc(C(=O)COC(=O)c2cccc3ccccc23)cc1. The van der Waals surface area contributed by atoms with E-state index in [-0.39, 0.29) is 12.4 Å². The van der Waals surface area contributed by atoms with Gasteiger partial charge in [-0.2, -0.15) is 0 Å². The largest absolute Gasteiger partial charge is 0.454 e. The van der Waals surface area contributed by atoms with Crippen LogP contribution in [-0.2, 0) is 11.2 Å². The van der Waals surface area contributed by atoms with E-state index in [1.54, 1.807) is 18.2 Å². The van der Waals surface area contributed by atoms with Crippen molar-refractivity contribution >= 4 is 22.5 Å². The number of benzene rings is 3. The molecule has 120 valence electrons. The maximum Gasteiger partial charge on any atom is 0.339 e. The molecule has 0 saturated heterocycles. The Bertz CT molecular complexity index is 874. The molecular weight excluding hydrogens is 300 g/mol. The van der Waals surface area contributed by atoms with Crippen molar-refractivity contribution in [3.63, 3.8) is 0 Å². The zero-order valence-corrected chi connectivity index (χ0v) is 13.5. The summed E-state index contributed by atoms with van der Waals surface area (Å²) in [5.41, 5.74) is 2.19. The van der Waals surface area contributed by atoms with Gasteiger partial charge in [0, 0.05) is 5.56 Å². The Morgan fingerprint density at radius 3 is 2.33 bits per heavy atom. The summed E-state index contributed by atoms with van der Waals surface area (Å²) in [6, 6.07) is 20.4. The number of hydrogen-bond donors (Lipinski definition) is 0. The number of fused-ring (bicyclic) bond motifs is 1. The van der Waals surface area contributed by atoms with Crippen LogP contribution in [0.2, 0.25) is 0 Å². The van der Waals surface area contributed by atoms with E-state index in [1.807, 2.05) is 48.5 Å². The molecule has 3 nitrogen and oxygen atoms in total. The maximum atomic E-state index is 12.3. The molecule has 0 N–H and O–H groups in total. The highest BCUT2D eigenvalue weighted by atomic mass is 16.5. The zero-order chi connectivity index (χ0) is 16.9. The molecule has 3 aromatic carbocycles. The molecule has 0 aliphatic heterocycles. The molecule has 0 heterocycles. The molecule has 3 rings (SSSR count). The Kier molecular flexibility index (Phi) is 4.71. The lowest BCUT2D eigenvalue weighted by molar-refractivity contribution is 0.0476. The lowest BCUT2D eigenvalue weighted by Gasteiger charge is -2.07. The predicted molar refractivity (Wildman–Crippen MR) is 94.4 cm³/mol. The summed E-state index contributed by atoms with van der Waals surface area (Å²) in [7, 11) is 0. The summed E-state index contributed by atoms with van der Waals surface area (Å²) in [5, 5.41) is 1.79. The fraction of sp³-hybridized carbons (Fsp3) is 0.143. The average Bonchev–Trinajstić information content (AvgIpc) is 2.65. The number of carbonyl (C=O) groups excluding carboxylic acids is 2. The van der Waals surface area contributed by atoms with Crippen molar-refractivity contribution in [2.24, 2.45) is 0 Å². The van der Waals surface area contributed by atoms with Crippen molar-refractivity contribution in [3.8, 4) is 0 Å². The first kappa shape index (κ1) is 15.9. The fourth-order valence-corrected chi connectivity index (χ4v) is 2.62. The highest BCUT2D eigenvalue weighted by molar-refractivity contribution is 6.05. The van der Waals surface area contributed by atoms with E-state index in [0.717, 1.165) is 17.2 Å². The Hall–Kier alpha value is -2.94. The maximum absolute atomic E-state index is 12.3. The lowest BCUT2D eigenvalue weighted by atomic mass is 10.0. The van der Waals surface area contributed by atoms with Crippen molar-refractivity contribution in [2.45, 2.75) is 13.3 Å². The van der Waals surface area contributed by atoms with Gasteiger partial charge in [0.15, 0.2) is 12.4 Å². The third-order valence-corrected chi connectivity index (χ3v) is 4.03. The molecule has 0 amide bonds. The van der Waals surface area contributed by atoms with Gasteiger partial charge in [-0.3, -0.25) is 4.79 Å². The molecular formula is C21H18O3. The number of ether oxygens (including phenoxy) is 1. The third-order valence-electron chi connectivity index (χ3n) is 4.03. The number of aryl methyl sites for hydroxylation is 1. The molecule has 24 heavy (non-hydrogen) atoms. The van der Waals surface area contributed by atoms with Gasteiger partial charge in [-0.1, -0.05) is 67.6 Å². The van der Waals surface area contributed by atoms with Gasteiger partial charge in [0.25, 0.3) is 0 Å². The molecule has 0 spiro atoms. The molecule has 3 heteroatoms. The van der Waals surface area contributed by atoms with Crippen molar-refractivity contribution in [1.29, 1.82) is 0 Å². The molecule has 0 atom stereocenters. The molecule has 0 saturated carbocycles. The van der Waals surface area contributed by atoms with Gasteiger partial charge in [-0.15, -0.1) is 0 Å². The van der Waals surface area contributed by atoms with Crippen LogP contribution in [0.5, 0.6) is 0 Å². The lowest BCUT2D eigenvalue weighted by Crippen LogP contribution is -2.14. The molecule has 0 aliphatic carbocycles. The zero-order valence-electron chi connectivity index (χ0n) is 13.5. The van der Waals surface area contributed by atoms with Gasteiger partial charge >= 0.3 is 5.97 Å². The predicted octanol–water partition coefficient (Wildman–Crippen LogP) is 4.44. The molecule has 0 radical (unpaired) electrons. The van der Waals surface area contributed by atoms with Gasteiger partial charge in [0.1, 0.15) is 0 Å². The van der Waals surface area contributed by atoms with E-state index in [2.05, 4.69) is 6.92 Å². The second-order valence-corrected chi connectivity index (χ2v) is 5.58. The Balaban J connectivity index is 1.71. The van der Waals surface area contributed by atoms with Gasteiger partial charge in [0.05, 0.1) is 5.56 Å². The topological polar surface area (TPSA) is 43.4 Å². The smallest absolute Gasteiger partial charge is 0.339 e. The Morgan fingerprint density at radius 1 is 0.875 bits per heavy atom. The molecule has 0 aliphatic rings. The summed E-state index contributed by atoms with van der Waals surface area (Å²) in [4.78, 5) is 24.5. The van der Waals surface area contributed by atoms with Gasteiger partial charge in [-0.05, 0) is 28.8 Å². The number of rotatable bonds is 5. The number of ketones is 1. The van der Waals surface area contributed by atoms with Gasteiger partial charge < -0.3 is 4.74 Å². The van der Waals surface area contributed by atoms with Crippen LogP contribution in [-0.4, -0.2) is 18.4 Å². The van der Waals surface area contributed by atoms with Crippen molar-refractivity contribution in [3.05, 3.63) is 83.4 Å². The second kappa shape index (κ2) is 7.09. The Labute approximate surface area is 140 Å². The van der Waals surface area contributed by atoms with Crippen LogP contribution in [0.4, 0.5) is 0 Å². The minimum Gasteiger partial charge on any atom is -0.454 e. The summed E-state index contributed by atoms with van der Waals surface area (Å²) < 4.78 is 5.22. The summed E-state index contributed by atoms with van der Waals surface area (Å²) in [6.07, 6.45) is 0.921. The van der Waals surface area contributed by atoms with E-state index < -0.39 is 5.97 Å². The van der Waals surface area contributed by atoms with Crippen LogP contribution >= 0.6 is 0 Å². The van der Waals surface area contributed by atoms with Crippen molar-refractivity contribution < 1.29 is 14.3 Å². The quantitative estimate of drug-likeness (QED) is 0.516. The first-order chi connectivity index (χ1) is 11.7. The van der Waals surface area contributed by atoms with Crippen LogP contribution < -0.4 is 0 Å². The highest BCUT2D eigenvalue weighted by Crippen LogP contribution is 2.19. The first-order valence-electron chi connectivity index (χ1n) is 7.96. The van der Waals surface area contributed by atoms with Crippen molar-refractivity contribution in [2.75, 3.05) is 6.61 Å². The summed E-state index contributed by atoms with van der Waals surface area (Å²) in [6.45, 7) is 1.80. The molecule has 3 aromatic rings. The average molecular weight is 318 g/mol. The van der Waals surface area contributed by atoms with E-state index in [0.29, 0.717) is 11.1 Å². The van der Waals surface area contributed by atoms with Crippen LogP contribution in [0.1, 0.15) is 33.2 Å². The standard InChI is InChI=1S/C21H18O3/c1-2-15-10-12-17(13-11-15)20(22)14-24-21(23)19-9-5-7-16-6-3-4-8-18(16)19/h3-13H,2,14H2,1H3. The summed E-state index contributed by atoms with van der Waals surface area (Å²) in [5.74, 6) is -0.684. The van der Waals surface area contributed by atoms with Crippen LogP contribution in [0.15, 0.2) is 66.7 Å². The summed E-state index contributed by atoms with van der Waals surface area (Å²) >= 11 is 0.